The van der Waals surface area contributed by atoms with Crippen molar-refractivity contribution in [1.82, 2.24) is 0 Å². The van der Waals surface area contributed by atoms with Crippen molar-refractivity contribution in [3.8, 4) is 0 Å². The van der Waals surface area contributed by atoms with Gasteiger partial charge in [0.05, 0.1) is 8.07 Å². The Morgan fingerprint density at radius 1 is 0.778 bits per heavy atom. The van der Waals surface area contributed by atoms with E-state index in [0.717, 1.165) is 0 Å². The first-order valence-corrected chi connectivity index (χ1v) is 9.90. The van der Waals surface area contributed by atoms with E-state index in [-0.39, 0.29) is 0 Å². The van der Waals surface area contributed by atoms with E-state index in [4.69, 9.17) is 0 Å². The minimum Gasteiger partial charge on any atom is -0.0656 e. The molecule has 0 saturated heterocycles. The average molecular weight is 252 g/mol. The van der Waals surface area contributed by atoms with Crippen LogP contribution in [0.2, 0.25) is 19.6 Å². The van der Waals surface area contributed by atoms with Gasteiger partial charge in [0.15, 0.2) is 0 Å². The van der Waals surface area contributed by atoms with E-state index in [1.165, 1.54) is 16.3 Å². The smallest absolute Gasteiger partial charge is 0.0656 e. The summed E-state index contributed by atoms with van der Waals surface area (Å²) < 4.78 is 0. The summed E-state index contributed by atoms with van der Waals surface area (Å²) >= 11 is 0. The third-order valence-corrected chi connectivity index (χ3v) is 5.05. The predicted octanol–water partition coefficient (Wildman–Crippen LogP) is 5.10. The van der Waals surface area contributed by atoms with Crippen LogP contribution in [0.1, 0.15) is 11.1 Å². The van der Waals surface area contributed by atoms with E-state index in [1.54, 1.807) is 0 Å². The largest absolute Gasteiger partial charge is 0.0784 e. The summed E-state index contributed by atoms with van der Waals surface area (Å²) in [4.78, 5) is 0. The van der Waals surface area contributed by atoms with Crippen LogP contribution in [-0.4, -0.2) is 8.07 Å². The Hall–Kier alpha value is -1.60. The maximum absolute atomic E-state index is 2.40. The highest BCUT2D eigenvalue weighted by Gasteiger charge is 2.20. The maximum Gasteiger partial charge on any atom is 0.0784 e. The molecule has 92 valence electrons. The van der Waals surface area contributed by atoms with Crippen LogP contribution in [0.3, 0.4) is 0 Å². The monoisotopic (exact) mass is 252 g/mol. The summed E-state index contributed by atoms with van der Waals surface area (Å²) in [5, 5.41) is 1.51. The molecule has 0 spiro atoms. The van der Waals surface area contributed by atoms with Gasteiger partial charge in [0.1, 0.15) is 0 Å². The number of rotatable bonds is 3. The first-order valence-electron chi connectivity index (χ1n) is 6.40. The highest BCUT2D eigenvalue weighted by atomic mass is 28.3. The first kappa shape index (κ1) is 12.8. The molecule has 0 aliphatic carbocycles. The molecule has 0 aliphatic heterocycles. The van der Waals surface area contributed by atoms with Gasteiger partial charge >= 0.3 is 0 Å². The van der Waals surface area contributed by atoms with Gasteiger partial charge in [0, 0.05) is 0 Å². The molecule has 1 heteroatoms. The van der Waals surface area contributed by atoms with Gasteiger partial charge in [-0.25, -0.2) is 0 Å². The number of benzene rings is 2. The number of hydrogen-bond acceptors (Lipinski definition) is 0. The Labute approximate surface area is 111 Å². The SMILES string of the molecule is C[Si](C)(C)/C(=C/c1ccccc1)c1ccccc1. The van der Waals surface area contributed by atoms with Crippen molar-refractivity contribution in [2.75, 3.05) is 0 Å². The molecule has 0 nitrogen and oxygen atoms in total. The molecule has 0 saturated carbocycles. The van der Waals surface area contributed by atoms with Gasteiger partial charge in [-0.3, -0.25) is 0 Å². The summed E-state index contributed by atoms with van der Waals surface area (Å²) in [5.41, 5.74) is 2.65. The van der Waals surface area contributed by atoms with Crippen LogP contribution >= 0.6 is 0 Å². The zero-order chi connectivity index (χ0) is 13.0. The fraction of sp³-hybridized carbons (Fsp3) is 0.176. The molecule has 18 heavy (non-hydrogen) atoms. The summed E-state index contributed by atoms with van der Waals surface area (Å²) in [7, 11) is -1.35. The van der Waals surface area contributed by atoms with Crippen LogP contribution < -0.4 is 0 Å². The van der Waals surface area contributed by atoms with Crippen molar-refractivity contribution in [2.45, 2.75) is 19.6 Å². The second kappa shape index (κ2) is 5.36. The highest BCUT2D eigenvalue weighted by Crippen LogP contribution is 2.27. The third kappa shape index (κ3) is 3.20. The number of hydrogen-bond donors (Lipinski definition) is 0. The minimum absolute atomic E-state index is 1.29. The quantitative estimate of drug-likeness (QED) is 0.526. The molecule has 0 amide bonds. The topological polar surface area (TPSA) is 0 Å². The third-order valence-electron chi connectivity index (χ3n) is 3.00. The van der Waals surface area contributed by atoms with E-state index in [2.05, 4.69) is 86.4 Å². The van der Waals surface area contributed by atoms with Gasteiger partial charge in [-0.1, -0.05) is 91.6 Å². The lowest BCUT2D eigenvalue weighted by Crippen LogP contribution is -2.22. The van der Waals surface area contributed by atoms with Crippen molar-refractivity contribution < 1.29 is 0 Å². The van der Waals surface area contributed by atoms with Crippen LogP contribution in [0.4, 0.5) is 0 Å². The van der Waals surface area contributed by atoms with E-state index >= 15 is 0 Å². The summed E-state index contributed by atoms with van der Waals surface area (Å²) in [5.74, 6) is 0. The van der Waals surface area contributed by atoms with Crippen molar-refractivity contribution in [1.29, 1.82) is 0 Å². The van der Waals surface area contributed by atoms with Crippen molar-refractivity contribution in [2.24, 2.45) is 0 Å². The normalized spacial score (nSPS) is 12.5. The molecule has 0 heterocycles. The van der Waals surface area contributed by atoms with E-state index in [0.29, 0.717) is 0 Å². The fourth-order valence-electron chi connectivity index (χ4n) is 2.07. The molecule has 0 radical (unpaired) electrons. The molecular weight excluding hydrogens is 232 g/mol. The summed E-state index contributed by atoms with van der Waals surface area (Å²) in [6.45, 7) is 7.19. The predicted molar refractivity (Wildman–Crippen MR) is 84.1 cm³/mol. The highest BCUT2D eigenvalue weighted by molar-refractivity contribution is 6.94. The van der Waals surface area contributed by atoms with Crippen LogP contribution in [0.25, 0.3) is 11.3 Å². The molecule has 0 fully saturated rings. The lowest BCUT2D eigenvalue weighted by molar-refractivity contribution is 1.61. The second-order valence-electron chi connectivity index (χ2n) is 5.58. The van der Waals surface area contributed by atoms with Crippen LogP contribution in [0.15, 0.2) is 60.7 Å². The van der Waals surface area contributed by atoms with Gasteiger partial charge in [-0.2, -0.15) is 0 Å². The Morgan fingerprint density at radius 2 is 1.28 bits per heavy atom. The fourth-order valence-corrected chi connectivity index (χ4v) is 3.70. The first-order chi connectivity index (χ1) is 8.57. The van der Waals surface area contributed by atoms with Gasteiger partial charge in [0.2, 0.25) is 0 Å². The standard InChI is InChI=1S/C17H20Si/c1-18(2,3)17(16-12-8-5-9-13-16)14-15-10-6-4-7-11-15/h4-14H,1-3H3/b17-14+. The Morgan fingerprint density at radius 3 is 1.78 bits per heavy atom. The Bertz CT molecular complexity index is 519. The molecule has 0 unspecified atom stereocenters. The molecule has 2 rings (SSSR count). The van der Waals surface area contributed by atoms with Crippen LogP contribution in [-0.2, 0) is 0 Å². The molecule has 0 bridgehead atoms. The Kier molecular flexibility index (Phi) is 3.83. The van der Waals surface area contributed by atoms with Crippen LogP contribution in [0, 0.1) is 0 Å². The summed E-state index contributed by atoms with van der Waals surface area (Å²) in [6, 6.07) is 21.3. The van der Waals surface area contributed by atoms with Crippen molar-refractivity contribution in [3.63, 3.8) is 0 Å². The zero-order valence-corrected chi connectivity index (χ0v) is 12.4. The van der Waals surface area contributed by atoms with Gasteiger partial charge in [-0.05, 0) is 11.1 Å². The zero-order valence-electron chi connectivity index (χ0n) is 11.4. The average Bonchev–Trinajstić information content (AvgIpc) is 2.37. The van der Waals surface area contributed by atoms with Gasteiger partial charge < -0.3 is 0 Å². The molecule has 2 aromatic carbocycles. The van der Waals surface area contributed by atoms with E-state index in [9.17, 15) is 0 Å². The Balaban J connectivity index is 2.48. The second-order valence-corrected chi connectivity index (χ2v) is 10.6. The molecule has 0 N–H and O–H groups in total. The lowest BCUT2D eigenvalue weighted by atomic mass is 10.1. The summed E-state index contributed by atoms with van der Waals surface area (Å²) in [6.07, 6.45) is 2.35. The molecule has 0 aliphatic rings. The molecular formula is C17H20Si. The van der Waals surface area contributed by atoms with Crippen molar-refractivity contribution >= 4 is 19.3 Å². The van der Waals surface area contributed by atoms with E-state index < -0.39 is 8.07 Å². The molecule has 0 aromatic heterocycles. The molecule has 0 atom stereocenters. The van der Waals surface area contributed by atoms with Gasteiger partial charge in [0.25, 0.3) is 0 Å². The van der Waals surface area contributed by atoms with Crippen molar-refractivity contribution in [3.05, 3.63) is 71.8 Å². The van der Waals surface area contributed by atoms with Crippen LogP contribution in [0.5, 0.6) is 0 Å². The van der Waals surface area contributed by atoms with Gasteiger partial charge in [-0.15, -0.1) is 0 Å². The molecule has 2 aromatic rings. The lowest BCUT2D eigenvalue weighted by Gasteiger charge is -2.21. The van der Waals surface area contributed by atoms with E-state index in [1.807, 2.05) is 0 Å². The minimum atomic E-state index is -1.35. The maximum atomic E-state index is 2.40.